The average Bonchev–Trinajstić information content (AvgIpc) is 2.74. The van der Waals surface area contributed by atoms with Gasteiger partial charge in [-0.1, -0.05) is 12.8 Å². The Morgan fingerprint density at radius 1 is 1.24 bits per heavy atom. The van der Waals surface area contributed by atoms with Crippen LogP contribution in [0.4, 0.5) is 0 Å². The van der Waals surface area contributed by atoms with E-state index in [4.69, 9.17) is 10.5 Å². The zero-order valence-corrected chi connectivity index (χ0v) is 10.8. The minimum atomic E-state index is -0.379. The summed E-state index contributed by atoms with van der Waals surface area (Å²) >= 11 is 0. The van der Waals surface area contributed by atoms with Gasteiger partial charge in [-0.15, -0.1) is 0 Å². The van der Waals surface area contributed by atoms with E-state index < -0.39 is 0 Å². The van der Waals surface area contributed by atoms with Crippen molar-refractivity contribution >= 4 is 0 Å². The van der Waals surface area contributed by atoms with Crippen LogP contribution in [-0.4, -0.2) is 12.2 Å². The van der Waals surface area contributed by atoms with Crippen LogP contribution in [0.1, 0.15) is 42.4 Å². The van der Waals surface area contributed by atoms with Gasteiger partial charge in [0.15, 0.2) is 0 Å². The molecule has 0 aliphatic heterocycles. The third-order valence-electron chi connectivity index (χ3n) is 4.07. The molecule has 3 heteroatoms. The van der Waals surface area contributed by atoms with Crippen molar-refractivity contribution in [3.8, 4) is 11.5 Å². The van der Waals surface area contributed by atoms with Crippen LogP contribution in [0.15, 0.2) is 6.07 Å². The van der Waals surface area contributed by atoms with Gasteiger partial charge < -0.3 is 15.6 Å². The van der Waals surface area contributed by atoms with E-state index in [-0.39, 0.29) is 5.54 Å². The largest absolute Gasteiger partial charge is 0.507 e. The molecule has 1 aliphatic rings. The molecule has 0 atom stereocenters. The molecule has 1 saturated carbocycles. The fourth-order valence-electron chi connectivity index (χ4n) is 2.74. The highest BCUT2D eigenvalue weighted by atomic mass is 16.5. The van der Waals surface area contributed by atoms with Crippen molar-refractivity contribution in [3.63, 3.8) is 0 Å². The predicted octanol–water partition coefficient (Wildman–Crippen LogP) is 2.75. The molecule has 2 rings (SSSR count). The van der Waals surface area contributed by atoms with Crippen LogP contribution >= 0.6 is 0 Å². The highest BCUT2D eigenvalue weighted by Gasteiger charge is 2.34. The van der Waals surface area contributed by atoms with Gasteiger partial charge in [0.2, 0.25) is 0 Å². The second-order valence-corrected chi connectivity index (χ2v) is 5.09. The molecule has 17 heavy (non-hydrogen) atoms. The van der Waals surface area contributed by atoms with Gasteiger partial charge in [0.05, 0.1) is 7.11 Å². The minimum Gasteiger partial charge on any atom is -0.507 e. The number of benzene rings is 1. The lowest BCUT2D eigenvalue weighted by atomic mass is 9.86. The maximum Gasteiger partial charge on any atom is 0.124 e. The van der Waals surface area contributed by atoms with Gasteiger partial charge in [-0.3, -0.25) is 0 Å². The Hall–Kier alpha value is -1.22. The van der Waals surface area contributed by atoms with Gasteiger partial charge in [0.25, 0.3) is 0 Å². The van der Waals surface area contributed by atoms with Gasteiger partial charge >= 0.3 is 0 Å². The number of hydrogen-bond acceptors (Lipinski definition) is 3. The van der Waals surface area contributed by atoms with E-state index >= 15 is 0 Å². The maximum absolute atomic E-state index is 10.3. The van der Waals surface area contributed by atoms with E-state index in [2.05, 4.69) is 0 Å². The van der Waals surface area contributed by atoms with Crippen LogP contribution in [0.3, 0.4) is 0 Å². The lowest BCUT2D eigenvalue weighted by Gasteiger charge is -2.27. The second-order valence-electron chi connectivity index (χ2n) is 5.09. The van der Waals surface area contributed by atoms with Crippen LogP contribution in [0.5, 0.6) is 11.5 Å². The summed E-state index contributed by atoms with van der Waals surface area (Å²) in [6.07, 6.45) is 4.13. The summed E-state index contributed by atoms with van der Waals surface area (Å²) in [6, 6.07) is 1.91. The Labute approximate surface area is 103 Å². The third-order valence-corrected chi connectivity index (χ3v) is 4.07. The molecule has 0 amide bonds. The topological polar surface area (TPSA) is 55.5 Å². The smallest absolute Gasteiger partial charge is 0.124 e. The van der Waals surface area contributed by atoms with Gasteiger partial charge in [-0.05, 0) is 43.9 Å². The van der Waals surface area contributed by atoms with Gasteiger partial charge in [-0.2, -0.15) is 0 Å². The molecule has 1 aliphatic carbocycles. The molecule has 0 aromatic heterocycles. The van der Waals surface area contributed by atoms with Crippen LogP contribution in [-0.2, 0) is 5.54 Å². The zero-order chi connectivity index (χ0) is 12.6. The van der Waals surface area contributed by atoms with Crippen molar-refractivity contribution in [2.45, 2.75) is 45.1 Å². The standard InChI is InChI=1S/C14H21NO2/c1-9-10(2)13(16)11(8-12(9)17-3)14(15)6-4-5-7-14/h8,16H,4-7,15H2,1-3H3. The lowest BCUT2D eigenvalue weighted by Crippen LogP contribution is -2.33. The molecule has 0 saturated heterocycles. The van der Waals surface area contributed by atoms with E-state index in [1.54, 1.807) is 7.11 Å². The lowest BCUT2D eigenvalue weighted by molar-refractivity contribution is 0.386. The van der Waals surface area contributed by atoms with Crippen molar-refractivity contribution in [1.82, 2.24) is 0 Å². The monoisotopic (exact) mass is 235 g/mol. The molecule has 1 aromatic rings. The molecular weight excluding hydrogens is 214 g/mol. The Kier molecular flexibility index (Phi) is 3.04. The molecule has 0 radical (unpaired) electrons. The Bertz CT molecular complexity index is 434. The Balaban J connectivity index is 2.57. The number of hydrogen-bond donors (Lipinski definition) is 2. The molecule has 3 nitrogen and oxygen atoms in total. The first-order valence-corrected chi connectivity index (χ1v) is 6.16. The maximum atomic E-state index is 10.3. The summed E-state index contributed by atoms with van der Waals surface area (Å²) in [5.41, 5.74) is 8.72. The molecule has 94 valence electrons. The van der Waals surface area contributed by atoms with Crippen LogP contribution in [0.25, 0.3) is 0 Å². The van der Waals surface area contributed by atoms with Gasteiger partial charge in [-0.25, -0.2) is 0 Å². The SMILES string of the molecule is COc1cc(C2(N)CCCC2)c(O)c(C)c1C. The summed E-state index contributed by atoms with van der Waals surface area (Å²) in [5.74, 6) is 1.15. The Morgan fingerprint density at radius 2 is 1.82 bits per heavy atom. The first-order valence-electron chi connectivity index (χ1n) is 6.16. The molecule has 3 N–H and O–H groups in total. The number of nitrogens with two attached hydrogens (primary N) is 1. The van der Waals surface area contributed by atoms with E-state index in [0.717, 1.165) is 48.1 Å². The Morgan fingerprint density at radius 3 is 2.35 bits per heavy atom. The number of methoxy groups -OCH3 is 1. The highest BCUT2D eigenvalue weighted by molar-refractivity contribution is 5.54. The number of phenols is 1. The van der Waals surface area contributed by atoms with Crippen molar-refractivity contribution in [2.75, 3.05) is 7.11 Å². The summed E-state index contributed by atoms with van der Waals surface area (Å²) in [4.78, 5) is 0. The number of phenolic OH excluding ortho intramolecular Hbond substituents is 1. The van der Waals surface area contributed by atoms with Crippen molar-refractivity contribution in [3.05, 3.63) is 22.8 Å². The number of aromatic hydroxyl groups is 1. The summed E-state index contributed by atoms with van der Waals surface area (Å²) in [5, 5.41) is 10.3. The summed E-state index contributed by atoms with van der Waals surface area (Å²) < 4.78 is 5.36. The normalized spacial score (nSPS) is 18.4. The van der Waals surface area contributed by atoms with Gasteiger partial charge in [0, 0.05) is 11.1 Å². The molecule has 1 fully saturated rings. The summed E-state index contributed by atoms with van der Waals surface area (Å²) in [7, 11) is 1.65. The zero-order valence-electron chi connectivity index (χ0n) is 10.8. The number of rotatable bonds is 2. The first kappa shape index (κ1) is 12.2. The van der Waals surface area contributed by atoms with E-state index in [1.165, 1.54) is 0 Å². The molecule has 0 spiro atoms. The number of ether oxygens (including phenoxy) is 1. The molecular formula is C14H21NO2. The molecule has 0 heterocycles. The van der Waals surface area contributed by atoms with E-state index in [0.29, 0.717) is 5.75 Å². The third kappa shape index (κ3) is 1.89. The van der Waals surface area contributed by atoms with E-state index in [1.807, 2.05) is 19.9 Å². The van der Waals surface area contributed by atoms with Crippen molar-refractivity contribution in [2.24, 2.45) is 5.73 Å². The van der Waals surface area contributed by atoms with Crippen molar-refractivity contribution < 1.29 is 9.84 Å². The van der Waals surface area contributed by atoms with Crippen LogP contribution in [0, 0.1) is 13.8 Å². The fraction of sp³-hybridized carbons (Fsp3) is 0.571. The van der Waals surface area contributed by atoms with Gasteiger partial charge in [0.1, 0.15) is 11.5 Å². The summed E-state index contributed by atoms with van der Waals surface area (Å²) in [6.45, 7) is 3.87. The highest BCUT2D eigenvalue weighted by Crippen LogP contribution is 2.44. The predicted molar refractivity (Wildman–Crippen MR) is 68.5 cm³/mol. The van der Waals surface area contributed by atoms with Crippen LogP contribution < -0.4 is 10.5 Å². The molecule has 1 aromatic carbocycles. The van der Waals surface area contributed by atoms with Crippen LogP contribution in [0.2, 0.25) is 0 Å². The molecule has 0 bridgehead atoms. The van der Waals surface area contributed by atoms with E-state index in [9.17, 15) is 5.11 Å². The first-order chi connectivity index (χ1) is 7.99. The molecule has 0 unspecified atom stereocenters. The second kappa shape index (κ2) is 4.22. The average molecular weight is 235 g/mol. The van der Waals surface area contributed by atoms with Crippen molar-refractivity contribution in [1.29, 1.82) is 0 Å². The fourth-order valence-corrected chi connectivity index (χ4v) is 2.74. The minimum absolute atomic E-state index is 0.340. The quantitative estimate of drug-likeness (QED) is 0.828.